The van der Waals surface area contributed by atoms with Crippen molar-refractivity contribution in [2.24, 2.45) is 11.3 Å². The van der Waals surface area contributed by atoms with Crippen molar-refractivity contribution in [3.8, 4) is 11.8 Å². The third-order valence-corrected chi connectivity index (χ3v) is 6.49. The Bertz CT molecular complexity index is 1330. The minimum absolute atomic E-state index is 0.322. The molecule has 2 aromatic heterocycles. The molecular weight excluding hydrogens is 382 g/mol. The lowest BCUT2D eigenvalue weighted by Gasteiger charge is -2.58. The summed E-state index contributed by atoms with van der Waals surface area (Å²) >= 11 is 6.24. The number of rotatable bonds is 2. The van der Waals surface area contributed by atoms with Crippen LogP contribution in [0, 0.1) is 23.2 Å². The van der Waals surface area contributed by atoms with E-state index in [1.807, 2.05) is 35.7 Å². The second-order valence-electron chi connectivity index (χ2n) is 8.22. The Morgan fingerprint density at radius 1 is 1.17 bits per heavy atom. The molecule has 0 aliphatic heterocycles. The summed E-state index contributed by atoms with van der Waals surface area (Å²) < 4.78 is 1.85. The molecule has 6 heteroatoms. The smallest absolute Gasteiger partial charge is 0.257 e. The van der Waals surface area contributed by atoms with Gasteiger partial charge in [-0.2, -0.15) is 4.98 Å². The van der Waals surface area contributed by atoms with Gasteiger partial charge >= 0.3 is 0 Å². The van der Waals surface area contributed by atoms with Crippen molar-refractivity contribution in [2.75, 3.05) is 11.9 Å². The van der Waals surface area contributed by atoms with E-state index < -0.39 is 0 Å². The number of anilines is 2. The molecule has 3 fully saturated rings. The zero-order valence-electron chi connectivity index (χ0n) is 15.9. The molecule has 3 aliphatic carbocycles. The average molecular weight is 400 g/mol. The summed E-state index contributed by atoms with van der Waals surface area (Å²) in [5, 5.41) is 9.79. The lowest BCUT2D eigenvalue weighted by atomic mass is 9.45. The van der Waals surface area contributed by atoms with E-state index in [-0.39, 0.29) is 0 Å². The molecule has 142 valence electrons. The van der Waals surface area contributed by atoms with Crippen LogP contribution in [0.4, 0.5) is 11.5 Å². The van der Waals surface area contributed by atoms with Gasteiger partial charge in [-0.1, -0.05) is 29.5 Å². The highest BCUT2D eigenvalue weighted by Gasteiger charge is 2.55. The van der Waals surface area contributed by atoms with Crippen LogP contribution in [-0.4, -0.2) is 26.6 Å². The molecule has 0 radical (unpaired) electrons. The number of hydrogen-bond donors (Lipinski definition) is 0. The number of benzene rings is 2. The van der Waals surface area contributed by atoms with Gasteiger partial charge in [-0.3, -0.25) is 4.40 Å². The van der Waals surface area contributed by atoms with Gasteiger partial charge < -0.3 is 4.90 Å². The fraction of sp³-hybridized carbons (Fsp3) is 0.261. The predicted octanol–water partition coefficient (Wildman–Crippen LogP) is 4.85. The molecule has 0 atom stereocenters. The fourth-order valence-corrected chi connectivity index (χ4v) is 4.70. The highest BCUT2D eigenvalue weighted by atomic mass is 35.5. The van der Waals surface area contributed by atoms with E-state index in [1.165, 1.54) is 19.3 Å². The number of fused-ring (bicyclic) bond motifs is 3. The van der Waals surface area contributed by atoms with Crippen molar-refractivity contribution in [3.05, 3.63) is 59.4 Å². The summed E-state index contributed by atoms with van der Waals surface area (Å²) in [7, 11) is 2.01. The lowest BCUT2D eigenvalue weighted by Crippen LogP contribution is -2.50. The van der Waals surface area contributed by atoms with Gasteiger partial charge in [0.2, 0.25) is 0 Å². The van der Waals surface area contributed by atoms with Crippen LogP contribution in [0.25, 0.3) is 16.7 Å². The van der Waals surface area contributed by atoms with Gasteiger partial charge in [0, 0.05) is 34.1 Å². The lowest BCUT2D eigenvalue weighted by molar-refractivity contribution is -0.0506. The molecule has 2 bridgehead atoms. The van der Waals surface area contributed by atoms with Gasteiger partial charge in [0.25, 0.3) is 5.78 Å². The second-order valence-corrected chi connectivity index (χ2v) is 8.65. The van der Waals surface area contributed by atoms with Crippen LogP contribution in [0.15, 0.2) is 48.8 Å². The first kappa shape index (κ1) is 16.8. The average Bonchev–Trinajstić information content (AvgIpc) is 3.13. The quantitative estimate of drug-likeness (QED) is 0.452. The van der Waals surface area contributed by atoms with Crippen molar-refractivity contribution >= 4 is 39.8 Å². The maximum atomic E-state index is 6.24. The van der Waals surface area contributed by atoms with Crippen molar-refractivity contribution < 1.29 is 0 Å². The number of nitrogens with zero attached hydrogens (tertiary/aromatic N) is 5. The minimum atomic E-state index is 0.322. The van der Waals surface area contributed by atoms with Crippen molar-refractivity contribution in [1.29, 1.82) is 0 Å². The normalized spacial score (nSPS) is 21.9. The van der Waals surface area contributed by atoms with E-state index in [0.29, 0.717) is 16.2 Å². The topological polar surface area (TPSA) is 46.3 Å². The van der Waals surface area contributed by atoms with Crippen LogP contribution < -0.4 is 4.90 Å². The molecule has 3 aliphatic rings. The molecule has 2 heterocycles. The zero-order chi connectivity index (χ0) is 19.6. The molecule has 0 saturated heterocycles. The Hall–Kier alpha value is -3.10. The van der Waals surface area contributed by atoms with Crippen LogP contribution in [0.3, 0.4) is 0 Å². The summed E-state index contributed by atoms with van der Waals surface area (Å²) in [5.41, 5.74) is 3.31. The van der Waals surface area contributed by atoms with Crippen LogP contribution in [-0.2, 0) is 0 Å². The predicted molar refractivity (Wildman–Crippen MR) is 114 cm³/mol. The molecule has 0 unspecified atom stereocenters. The largest absolute Gasteiger partial charge is 0.329 e. The Labute approximate surface area is 173 Å². The van der Waals surface area contributed by atoms with E-state index in [1.54, 1.807) is 6.33 Å². The van der Waals surface area contributed by atoms with Gasteiger partial charge in [-0.25, -0.2) is 0 Å². The van der Waals surface area contributed by atoms with Gasteiger partial charge in [-0.05, 0) is 61.6 Å². The van der Waals surface area contributed by atoms with Crippen molar-refractivity contribution in [3.63, 3.8) is 0 Å². The minimum Gasteiger partial charge on any atom is -0.329 e. The maximum absolute atomic E-state index is 6.24. The van der Waals surface area contributed by atoms with Gasteiger partial charge in [0.15, 0.2) is 0 Å². The number of halogens is 1. The van der Waals surface area contributed by atoms with Gasteiger partial charge in [0.1, 0.15) is 12.1 Å². The first-order chi connectivity index (χ1) is 14.1. The highest BCUT2D eigenvalue weighted by molar-refractivity contribution is 6.31. The summed E-state index contributed by atoms with van der Waals surface area (Å²) in [5.74, 6) is 9.22. The molecule has 7 rings (SSSR count). The Morgan fingerprint density at radius 2 is 2.03 bits per heavy atom. The highest BCUT2D eigenvalue weighted by Crippen LogP contribution is 2.63. The first-order valence-electron chi connectivity index (χ1n) is 9.76. The molecule has 0 amide bonds. The van der Waals surface area contributed by atoms with E-state index in [0.717, 1.165) is 33.9 Å². The standard InChI is InChI=1S/C23H18ClN5/c1-28(18-4-2-3-15(9-18)7-8-23-11-16(12-23)13-23)21-19-6-5-17(24)10-20(19)29-14-25-27-22(29)26-21/h2-6,9-10,14,16H,11-13H2,1H3. The molecule has 0 N–H and O–H groups in total. The van der Waals surface area contributed by atoms with Crippen LogP contribution in [0.2, 0.25) is 5.02 Å². The summed E-state index contributed by atoms with van der Waals surface area (Å²) in [6.45, 7) is 0. The molecule has 2 aromatic carbocycles. The molecule has 29 heavy (non-hydrogen) atoms. The molecule has 3 saturated carbocycles. The van der Waals surface area contributed by atoms with E-state index in [4.69, 9.17) is 16.6 Å². The van der Waals surface area contributed by atoms with Crippen molar-refractivity contribution in [2.45, 2.75) is 19.3 Å². The van der Waals surface area contributed by atoms with Crippen molar-refractivity contribution in [1.82, 2.24) is 19.6 Å². The van der Waals surface area contributed by atoms with E-state index >= 15 is 0 Å². The van der Waals surface area contributed by atoms with Gasteiger partial charge in [0.05, 0.1) is 5.52 Å². The molecule has 5 nitrogen and oxygen atoms in total. The first-order valence-corrected chi connectivity index (χ1v) is 10.1. The SMILES string of the molecule is CN(c1cccc(C#CC23CC(C2)C3)c1)c1nc2nncn2c2cc(Cl)ccc12. The summed E-state index contributed by atoms with van der Waals surface area (Å²) in [4.78, 5) is 6.82. The van der Waals surface area contributed by atoms with Crippen LogP contribution in [0.5, 0.6) is 0 Å². The number of hydrogen-bond acceptors (Lipinski definition) is 4. The Balaban J connectivity index is 1.43. The van der Waals surface area contributed by atoms with Crippen LogP contribution >= 0.6 is 11.6 Å². The second kappa shape index (κ2) is 5.95. The number of aromatic nitrogens is 4. The molecular formula is C23H18ClN5. The Kier molecular flexibility index (Phi) is 3.45. The summed E-state index contributed by atoms with van der Waals surface area (Å²) in [6, 6.07) is 14.1. The van der Waals surface area contributed by atoms with Crippen LogP contribution in [0.1, 0.15) is 24.8 Å². The molecule has 4 aromatic rings. The fourth-order valence-electron chi connectivity index (χ4n) is 4.53. The third-order valence-electron chi connectivity index (χ3n) is 6.26. The summed E-state index contributed by atoms with van der Waals surface area (Å²) in [6.07, 6.45) is 5.52. The van der Waals surface area contributed by atoms with Gasteiger partial charge in [-0.15, -0.1) is 10.2 Å². The third kappa shape index (κ3) is 2.60. The maximum Gasteiger partial charge on any atom is 0.257 e. The Morgan fingerprint density at radius 3 is 2.83 bits per heavy atom. The zero-order valence-corrected chi connectivity index (χ0v) is 16.7. The van der Waals surface area contributed by atoms with E-state index in [9.17, 15) is 0 Å². The monoisotopic (exact) mass is 399 g/mol. The van der Waals surface area contributed by atoms with E-state index in [2.05, 4.69) is 45.1 Å². The molecule has 0 spiro atoms.